The summed E-state index contributed by atoms with van der Waals surface area (Å²) in [5, 5.41) is 5.08. The van der Waals surface area contributed by atoms with E-state index in [4.69, 9.17) is 4.98 Å². The number of pyridine rings is 1. The van der Waals surface area contributed by atoms with Gasteiger partial charge in [0.25, 0.3) is 0 Å². The second-order valence-electron chi connectivity index (χ2n) is 12.9. The summed E-state index contributed by atoms with van der Waals surface area (Å²) in [6, 6.07) is 38.3. The number of fused-ring (bicyclic) bond motifs is 2. The smallest absolute Gasteiger partial charge is 0.0780 e. The first-order valence-corrected chi connectivity index (χ1v) is 14.6. The van der Waals surface area contributed by atoms with Gasteiger partial charge in [-0.1, -0.05) is 107 Å². The van der Waals surface area contributed by atoms with Crippen molar-refractivity contribution in [1.29, 1.82) is 0 Å². The molecule has 0 bridgehead atoms. The molecule has 2 heteroatoms. The molecule has 4 heterocycles. The van der Waals surface area contributed by atoms with Crippen LogP contribution in [0.5, 0.6) is 0 Å². The van der Waals surface area contributed by atoms with Crippen LogP contribution in [-0.4, -0.2) is 9.55 Å². The molecule has 0 saturated carbocycles. The van der Waals surface area contributed by atoms with Crippen LogP contribution in [-0.2, 0) is 10.8 Å². The Hall–Kier alpha value is -4.69. The molecule has 0 aliphatic carbocycles. The Morgan fingerprint density at radius 1 is 0.512 bits per heavy atom. The Morgan fingerprint density at radius 2 is 1.17 bits per heavy atom. The van der Waals surface area contributed by atoms with Crippen LogP contribution in [0, 0.1) is 0 Å². The number of rotatable bonds is 2. The molecule has 41 heavy (non-hydrogen) atoms. The van der Waals surface area contributed by atoms with Gasteiger partial charge < -0.3 is 4.57 Å². The van der Waals surface area contributed by atoms with Crippen molar-refractivity contribution < 1.29 is 0 Å². The van der Waals surface area contributed by atoms with Crippen molar-refractivity contribution >= 4 is 32.6 Å². The molecule has 0 amide bonds. The molecule has 0 radical (unpaired) electrons. The van der Waals surface area contributed by atoms with Crippen LogP contribution in [0.3, 0.4) is 0 Å². The van der Waals surface area contributed by atoms with Gasteiger partial charge in [0.1, 0.15) is 0 Å². The number of para-hydroxylation sites is 2. The van der Waals surface area contributed by atoms with Crippen LogP contribution in [0.1, 0.15) is 49.9 Å². The second kappa shape index (κ2) is 7.53. The molecule has 196 valence electrons. The maximum Gasteiger partial charge on any atom is 0.0780 e. The molecular weight excluding hydrogens is 496 g/mol. The summed E-state index contributed by atoms with van der Waals surface area (Å²) in [5.41, 5.74) is 14.2. The minimum atomic E-state index is -0.133. The van der Waals surface area contributed by atoms with E-state index >= 15 is 0 Å². The van der Waals surface area contributed by atoms with E-state index in [0.29, 0.717) is 0 Å². The second-order valence-corrected chi connectivity index (χ2v) is 12.9. The van der Waals surface area contributed by atoms with Crippen LogP contribution in [0.25, 0.3) is 60.6 Å². The maximum absolute atomic E-state index is 4.82. The lowest BCUT2D eigenvalue weighted by Crippen LogP contribution is -2.33. The van der Waals surface area contributed by atoms with Gasteiger partial charge in [-0.15, -0.1) is 0 Å². The van der Waals surface area contributed by atoms with Gasteiger partial charge in [-0.2, -0.15) is 0 Å². The molecule has 0 fully saturated rings. The highest BCUT2D eigenvalue weighted by Crippen LogP contribution is 2.55. The number of nitrogens with zero attached hydrogens (tertiary/aromatic N) is 2. The van der Waals surface area contributed by atoms with Crippen LogP contribution >= 0.6 is 0 Å². The quantitative estimate of drug-likeness (QED) is 0.219. The third-order valence-corrected chi connectivity index (χ3v) is 9.98. The molecule has 0 N–H and O–H groups in total. The Kier molecular flexibility index (Phi) is 4.23. The maximum atomic E-state index is 4.82. The van der Waals surface area contributed by atoms with Gasteiger partial charge in [-0.05, 0) is 63.0 Å². The van der Waals surface area contributed by atoms with Gasteiger partial charge >= 0.3 is 0 Å². The molecule has 9 rings (SSSR count). The molecule has 5 aromatic carbocycles. The number of aromatic nitrogens is 2. The van der Waals surface area contributed by atoms with Crippen molar-refractivity contribution in [2.75, 3.05) is 0 Å². The van der Waals surface area contributed by atoms with Crippen LogP contribution in [0.15, 0.2) is 109 Å². The summed E-state index contributed by atoms with van der Waals surface area (Å²) >= 11 is 0. The van der Waals surface area contributed by atoms with Gasteiger partial charge in [0, 0.05) is 38.7 Å². The highest BCUT2D eigenvalue weighted by molar-refractivity contribution is 6.15. The van der Waals surface area contributed by atoms with E-state index in [-0.39, 0.29) is 10.8 Å². The van der Waals surface area contributed by atoms with Crippen LogP contribution in [0.2, 0.25) is 0 Å². The molecule has 0 unspecified atom stereocenters. The zero-order chi connectivity index (χ0) is 27.7. The zero-order valence-corrected chi connectivity index (χ0v) is 23.8. The number of hydrogen-bond donors (Lipinski definition) is 0. The monoisotopic (exact) mass is 526 g/mol. The number of hydrogen-bond acceptors (Lipinski definition) is 1. The molecule has 2 nitrogen and oxygen atoms in total. The number of benzene rings is 5. The fraction of sp³-hybridized carbons (Fsp3) is 0.154. The lowest BCUT2D eigenvalue weighted by Gasteiger charge is -2.42. The van der Waals surface area contributed by atoms with E-state index < -0.39 is 0 Å². The normalized spacial score (nSPS) is 15.7. The zero-order valence-electron chi connectivity index (χ0n) is 23.8. The Morgan fingerprint density at radius 3 is 2.02 bits per heavy atom. The van der Waals surface area contributed by atoms with Crippen molar-refractivity contribution in [3.05, 3.63) is 132 Å². The van der Waals surface area contributed by atoms with E-state index in [1.54, 1.807) is 0 Å². The standard InChI is InChI=1S/C39H30N2/c1-38(2)30-15-8-14-28-29-21-26(24-11-7-12-25(20-24)34-27-13-6-5-10-23(27)18-19-40-34)22-33-36(29)41(35(28)30)37-31(38)16-9-17-32(37)39(33,3)4/h5-22H,1-4H3. The van der Waals surface area contributed by atoms with E-state index in [2.05, 4.69) is 135 Å². The van der Waals surface area contributed by atoms with Crippen molar-refractivity contribution in [3.63, 3.8) is 0 Å². The first-order chi connectivity index (χ1) is 19.9. The van der Waals surface area contributed by atoms with E-state index in [1.807, 2.05) is 6.20 Å². The van der Waals surface area contributed by atoms with Gasteiger partial charge in [0.2, 0.25) is 0 Å². The lowest BCUT2D eigenvalue weighted by molar-refractivity contribution is 0.594. The molecule has 7 aromatic rings. The van der Waals surface area contributed by atoms with Crippen molar-refractivity contribution in [2.45, 2.75) is 38.5 Å². The third-order valence-electron chi connectivity index (χ3n) is 9.98. The Balaban J connectivity index is 1.37. The molecule has 0 atom stereocenters. The van der Waals surface area contributed by atoms with Crippen molar-refractivity contribution in [2.24, 2.45) is 0 Å². The summed E-state index contributed by atoms with van der Waals surface area (Å²) in [5.74, 6) is 0. The minimum Gasteiger partial charge on any atom is -0.308 e. The third kappa shape index (κ3) is 2.80. The van der Waals surface area contributed by atoms with Crippen molar-refractivity contribution in [3.8, 4) is 28.1 Å². The summed E-state index contributed by atoms with van der Waals surface area (Å²) in [4.78, 5) is 4.82. The summed E-state index contributed by atoms with van der Waals surface area (Å²) in [7, 11) is 0. The van der Waals surface area contributed by atoms with Crippen molar-refractivity contribution in [1.82, 2.24) is 9.55 Å². The average Bonchev–Trinajstić information content (AvgIpc) is 3.33. The molecule has 0 saturated heterocycles. The van der Waals surface area contributed by atoms with Gasteiger partial charge in [-0.3, -0.25) is 4.98 Å². The van der Waals surface area contributed by atoms with E-state index in [1.165, 1.54) is 71.6 Å². The highest BCUT2D eigenvalue weighted by Gasteiger charge is 2.43. The van der Waals surface area contributed by atoms with Gasteiger partial charge in [-0.25, -0.2) is 0 Å². The van der Waals surface area contributed by atoms with Gasteiger partial charge in [0.15, 0.2) is 0 Å². The predicted molar refractivity (Wildman–Crippen MR) is 171 cm³/mol. The Labute approximate surface area is 239 Å². The molecular formula is C39H30N2. The topological polar surface area (TPSA) is 17.8 Å². The summed E-state index contributed by atoms with van der Waals surface area (Å²) in [6.45, 7) is 9.58. The predicted octanol–water partition coefficient (Wildman–Crippen LogP) is 9.94. The molecule has 2 aromatic heterocycles. The fourth-order valence-corrected chi connectivity index (χ4v) is 7.84. The first kappa shape index (κ1) is 23.1. The Bertz CT molecular complexity index is 2260. The molecule has 2 aliphatic rings. The molecule has 2 aliphatic heterocycles. The lowest BCUT2D eigenvalue weighted by atomic mass is 9.68. The first-order valence-electron chi connectivity index (χ1n) is 14.6. The average molecular weight is 527 g/mol. The summed E-state index contributed by atoms with van der Waals surface area (Å²) in [6.07, 6.45) is 1.92. The summed E-state index contributed by atoms with van der Waals surface area (Å²) < 4.78 is 2.59. The molecule has 0 spiro atoms. The minimum absolute atomic E-state index is 0.0641. The van der Waals surface area contributed by atoms with E-state index in [9.17, 15) is 0 Å². The SMILES string of the molecule is CC1(C)c2cccc3c2-n2c4c1cccc4c1cc(-c4cccc(-c5nccc6ccccc56)c4)cc(c12)C3(C)C. The van der Waals surface area contributed by atoms with Crippen LogP contribution < -0.4 is 0 Å². The van der Waals surface area contributed by atoms with Crippen LogP contribution in [0.4, 0.5) is 0 Å². The van der Waals surface area contributed by atoms with Gasteiger partial charge in [0.05, 0.1) is 22.4 Å². The largest absolute Gasteiger partial charge is 0.308 e. The highest BCUT2D eigenvalue weighted by atomic mass is 15.0. The van der Waals surface area contributed by atoms with E-state index in [0.717, 1.165) is 11.3 Å². The fourth-order valence-electron chi connectivity index (χ4n) is 7.84.